The Morgan fingerprint density at radius 3 is 2.57 bits per heavy atom. The number of hydrogen-bond acceptors (Lipinski definition) is 4. The van der Waals surface area contributed by atoms with E-state index in [0.717, 1.165) is 29.9 Å². The number of carbonyl (C=O) groups is 2. The Bertz CT molecular complexity index is 652. The molecule has 3 rings (SSSR count). The van der Waals surface area contributed by atoms with Crippen molar-refractivity contribution in [3.63, 3.8) is 0 Å². The van der Waals surface area contributed by atoms with E-state index in [4.69, 9.17) is 27.9 Å². The Kier molecular flexibility index (Phi) is 4.90. The molecule has 2 heterocycles. The van der Waals surface area contributed by atoms with E-state index in [2.05, 4.69) is 5.32 Å². The van der Waals surface area contributed by atoms with Crippen LogP contribution in [0.3, 0.4) is 0 Å². The summed E-state index contributed by atoms with van der Waals surface area (Å²) in [6.07, 6.45) is 2.00. The summed E-state index contributed by atoms with van der Waals surface area (Å²) in [5.74, 6) is -0.894. The number of halogens is 2. The van der Waals surface area contributed by atoms with Crippen molar-refractivity contribution in [3.8, 4) is 0 Å². The van der Waals surface area contributed by atoms with Crippen molar-refractivity contribution in [2.45, 2.75) is 25.5 Å². The van der Waals surface area contributed by atoms with Crippen LogP contribution in [0.25, 0.3) is 0 Å². The average molecular weight is 355 g/mol. The third kappa shape index (κ3) is 3.52. The topological polar surface area (TPSA) is 58.6 Å². The number of amides is 2. The van der Waals surface area contributed by atoms with Gasteiger partial charge in [-0.25, -0.2) is 0 Å². The zero-order valence-electron chi connectivity index (χ0n) is 12.4. The van der Waals surface area contributed by atoms with Crippen molar-refractivity contribution in [3.05, 3.63) is 45.6 Å². The molecule has 1 aromatic carbocycles. The summed E-state index contributed by atoms with van der Waals surface area (Å²) in [5.41, 5.74) is 0.960. The molecule has 23 heavy (non-hydrogen) atoms. The molecule has 0 bridgehead atoms. The number of imide groups is 1. The van der Waals surface area contributed by atoms with E-state index >= 15 is 0 Å². The maximum atomic E-state index is 12.4. The van der Waals surface area contributed by atoms with E-state index in [1.807, 2.05) is 0 Å². The highest BCUT2D eigenvalue weighted by atomic mass is 35.5. The Labute approximate surface area is 144 Å². The van der Waals surface area contributed by atoms with Crippen LogP contribution in [0.15, 0.2) is 35.0 Å². The summed E-state index contributed by atoms with van der Waals surface area (Å²) < 4.78 is 5.49. The van der Waals surface area contributed by atoms with Gasteiger partial charge in [0.2, 0.25) is 0 Å². The van der Waals surface area contributed by atoms with Gasteiger partial charge in [-0.05, 0) is 30.5 Å². The van der Waals surface area contributed by atoms with Gasteiger partial charge in [0.1, 0.15) is 10.7 Å². The van der Waals surface area contributed by atoms with Gasteiger partial charge in [-0.1, -0.05) is 35.3 Å². The molecule has 2 aliphatic heterocycles. The van der Waals surface area contributed by atoms with Gasteiger partial charge in [-0.15, -0.1) is 0 Å². The number of ether oxygens (including phenoxy) is 1. The van der Waals surface area contributed by atoms with Gasteiger partial charge in [0.05, 0.1) is 12.6 Å². The summed E-state index contributed by atoms with van der Waals surface area (Å²) in [5, 5.41) is 3.50. The second-order valence-corrected chi connectivity index (χ2v) is 6.34. The fraction of sp³-hybridized carbons (Fsp3) is 0.375. The van der Waals surface area contributed by atoms with E-state index < -0.39 is 11.8 Å². The first-order chi connectivity index (χ1) is 11.1. The quantitative estimate of drug-likeness (QED) is 0.825. The summed E-state index contributed by atoms with van der Waals surface area (Å²) in [7, 11) is 0. The van der Waals surface area contributed by atoms with Crippen molar-refractivity contribution in [2.75, 3.05) is 13.2 Å². The van der Waals surface area contributed by atoms with Crippen molar-refractivity contribution in [2.24, 2.45) is 0 Å². The number of rotatable bonds is 5. The first-order valence-electron chi connectivity index (χ1n) is 7.42. The standard InChI is InChI=1S/C16H16Cl2N2O3/c17-11-5-3-10(4-6-11)9-20-15(21)13(18)14(16(20)22)19-8-12-2-1-7-23-12/h3-6,12,19H,1-2,7-9H2. The third-order valence-corrected chi connectivity index (χ3v) is 4.50. The third-order valence-electron chi connectivity index (χ3n) is 3.90. The fourth-order valence-corrected chi connectivity index (χ4v) is 3.01. The predicted molar refractivity (Wildman–Crippen MR) is 86.9 cm³/mol. The minimum Gasteiger partial charge on any atom is -0.377 e. The van der Waals surface area contributed by atoms with E-state index in [0.29, 0.717) is 11.6 Å². The number of nitrogens with zero attached hydrogens (tertiary/aromatic N) is 1. The van der Waals surface area contributed by atoms with Crippen molar-refractivity contribution < 1.29 is 14.3 Å². The van der Waals surface area contributed by atoms with Crippen molar-refractivity contribution in [1.29, 1.82) is 0 Å². The number of benzene rings is 1. The normalized spacial score (nSPS) is 21.5. The summed E-state index contributed by atoms with van der Waals surface area (Å²) >= 11 is 11.9. The highest BCUT2D eigenvalue weighted by Gasteiger charge is 2.37. The van der Waals surface area contributed by atoms with Crippen LogP contribution in [0.4, 0.5) is 0 Å². The molecule has 1 unspecified atom stereocenters. The summed E-state index contributed by atoms with van der Waals surface area (Å²) in [6.45, 7) is 1.37. The van der Waals surface area contributed by atoms with Gasteiger partial charge < -0.3 is 10.1 Å². The van der Waals surface area contributed by atoms with E-state index in [1.54, 1.807) is 24.3 Å². The maximum absolute atomic E-state index is 12.4. The molecule has 0 aromatic heterocycles. The molecular formula is C16H16Cl2N2O3. The van der Waals surface area contributed by atoms with Crippen molar-refractivity contribution >= 4 is 35.0 Å². The molecular weight excluding hydrogens is 339 g/mol. The molecule has 0 radical (unpaired) electrons. The van der Waals surface area contributed by atoms with Crippen LogP contribution in [-0.4, -0.2) is 36.0 Å². The molecule has 1 atom stereocenters. The van der Waals surface area contributed by atoms with Crippen LogP contribution in [-0.2, 0) is 20.9 Å². The second-order valence-electron chi connectivity index (χ2n) is 5.53. The van der Waals surface area contributed by atoms with E-state index in [1.165, 1.54) is 0 Å². The Hall–Kier alpha value is -1.56. The zero-order chi connectivity index (χ0) is 16.4. The lowest BCUT2D eigenvalue weighted by Crippen LogP contribution is -2.35. The molecule has 122 valence electrons. The maximum Gasteiger partial charge on any atom is 0.278 e. The Morgan fingerprint density at radius 1 is 1.17 bits per heavy atom. The Balaban J connectivity index is 1.66. The predicted octanol–water partition coefficient (Wildman–Crippen LogP) is 2.43. The lowest BCUT2D eigenvalue weighted by molar-refractivity contribution is -0.138. The highest BCUT2D eigenvalue weighted by molar-refractivity contribution is 6.47. The molecule has 5 nitrogen and oxygen atoms in total. The molecule has 1 saturated heterocycles. The lowest BCUT2D eigenvalue weighted by atomic mass is 10.2. The summed E-state index contributed by atoms with van der Waals surface area (Å²) in [6, 6.07) is 6.98. The second kappa shape index (κ2) is 6.91. The molecule has 1 N–H and O–H groups in total. The molecule has 0 saturated carbocycles. The monoisotopic (exact) mass is 354 g/mol. The van der Waals surface area contributed by atoms with Gasteiger partial charge in [0.25, 0.3) is 11.8 Å². The van der Waals surface area contributed by atoms with Gasteiger partial charge in [0.15, 0.2) is 0 Å². The minimum atomic E-state index is -0.485. The number of carbonyl (C=O) groups excluding carboxylic acids is 2. The lowest BCUT2D eigenvalue weighted by Gasteiger charge is -2.16. The average Bonchev–Trinajstić information content (AvgIpc) is 3.12. The van der Waals surface area contributed by atoms with Gasteiger partial charge in [-0.3, -0.25) is 14.5 Å². The smallest absolute Gasteiger partial charge is 0.278 e. The first-order valence-corrected chi connectivity index (χ1v) is 8.17. The van der Waals surface area contributed by atoms with Crippen molar-refractivity contribution in [1.82, 2.24) is 10.2 Å². The first kappa shape index (κ1) is 16.3. The van der Waals surface area contributed by atoms with Gasteiger partial charge >= 0.3 is 0 Å². The molecule has 0 aliphatic carbocycles. The molecule has 7 heteroatoms. The minimum absolute atomic E-state index is 0.0557. The SMILES string of the molecule is O=C1C(Cl)=C(NCC2CCCO2)C(=O)N1Cc1ccc(Cl)cc1. The molecule has 1 aromatic rings. The zero-order valence-corrected chi connectivity index (χ0v) is 13.9. The molecule has 1 fully saturated rings. The van der Waals surface area contributed by atoms with Crippen LogP contribution in [0, 0.1) is 0 Å². The molecule has 2 amide bonds. The van der Waals surface area contributed by atoms with E-state index in [9.17, 15) is 9.59 Å². The number of hydrogen-bond donors (Lipinski definition) is 1. The van der Waals surface area contributed by atoms with Gasteiger partial charge in [-0.2, -0.15) is 0 Å². The van der Waals surface area contributed by atoms with E-state index in [-0.39, 0.29) is 23.4 Å². The van der Waals surface area contributed by atoms with Crippen LogP contribution in [0.5, 0.6) is 0 Å². The fourth-order valence-electron chi connectivity index (χ4n) is 2.64. The Morgan fingerprint density at radius 2 is 1.91 bits per heavy atom. The van der Waals surface area contributed by atoms with Crippen LogP contribution in [0.1, 0.15) is 18.4 Å². The summed E-state index contributed by atoms with van der Waals surface area (Å²) in [4.78, 5) is 25.8. The molecule has 2 aliphatic rings. The van der Waals surface area contributed by atoms with Crippen LogP contribution < -0.4 is 5.32 Å². The molecule has 0 spiro atoms. The van der Waals surface area contributed by atoms with Crippen LogP contribution in [0.2, 0.25) is 5.02 Å². The van der Waals surface area contributed by atoms with Gasteiger partial charge in [0, 0.05) is 18.2 Å². The highest BCUT2D eigenvalue weighted by Crippen LogP contribution is 2.25. The van der Waals surface area contributed by atoms with Crippen LogP contribution >= 0.6 is 23.2 Å². The largest absolute Gasteiger partial charge is 0.377 e. The number of nitrogens with one attached hydrogen (secondary N) is 1.